The summed E-state index contributed by atoms with van der Waals surface area (Å²) in [6.07, 6.45) is 2.42. The zero-order valence-electron chi connectivity index (χ0n) is 7.86. The van der Waals surface area contributed by atoms with Crippen molar-refractivity contribution < 1.29 is 19.1 Å². The van der Waals surface area contributed by atoms with Crippen LogP contribution < -0.4 is 0 Å². The average molecular weight is 197 g/mol. The summed E-state index contributed by atoms with van der Waals surface area (Å²) in [5.41, 5.74) is 0. The van der Waals surface area contributed by atoms with Crippen LogP contribution in [0.5, 0.6) is 0 Å². The molecule has 0 aromatic carbocycles. The van der Waals surface area contributed by atoms with Gasteiger partial charge in [0.15, 0.2) is 0 Å². The van der Waals surface area contributed by atoms with Crippen molar-refractivity contribution in [1.29, 1.82) is 0 Å². The smallest absolute Gasteiger partial charge is 0.307 e. The van der Waals surface area contributed by atoms with Crippen molar-refractivity contribution in [3.63, 3.8) is 0 Å². The van der Waals surface area contributed by atoms with Crippen molar-refractivity contribution >= 4 is 17.8 Å². The number of nitrogens with zero attached hydrogens (tertiary/aromatic N) is 1. The van der Waals surface area contributed by atoms with Gasteiger partial charge in [-0.1, -0.05) is 0 Å². The number of amides is 2. The molecule has 1 aliphatic rings. The maximum atomic E-state index is 11.0. The Labute approximate surface area is 81.3 Å². The topological polar surface area (TPSA) is 63.7 Å². The molecule has 1 rings (SSSR count). The minimum atomic E-state index is -0.403. The monoisotopic (exact) mass is 197 g/mol. The maximum absolute atomic E-state index is 11.0. The van der Waals surface area contributed by atoms with Crippen LogP contribution in [-0.2, 0) is 19.1 Å². The molecular formula is C9H11NO4. The van der Waals surface area contributed by atoms with E-state index in [4.69, 9.17) is 0 Å². The number of ether oxygens (including phenoxy) is 1. The highest BCUT2D eigenvalue weighted by molar-refractivity contribution is 6.12. The van der Waals surface area contributed by atoms with Gasteiger partial charge in [0.2, 0.25) is 0 Å². The predicted molar refractivity (Wildman–Crippen MR) is 47.1 cm³/mol. The van der Waals surface area contributed by atoms with Gasteiger partial charge in [-0.3, -0.25) is 19.3 Å². The lowest BCUT2D eigenvalue weighted by Gasteiger charge is -2.12. The number of imide groups is 1. The second-order valence-electron chi connectivity index (χ2n) is 2.72. The highest BCUT2D eigenvalue weighted by Crippen LogP contribution is 2.04. The lowest BCUT2D eigenvalue weighted by atomic mass is 10.4. The van der Waals surface area contributed by atoms with Crippen LogP contribution in [0.1, 0.15) is 13.3 Å². The van der Waals surface area contributed by atoms with Crippen LogP contribution in [0, 0.1) is 0 Å². The first-order valence-corrected chi connectivity index (χ1v) is 4.34. The quantitative estimate of drug-likeness (QED) is 0.465. The lowest BCUT2D eigenvalue weighted by molar-refractivity contribution is -0.144. The number of hydrogen-bond acceptors (Lipinski definition) is 4. The molecule has 0 atom stereocenters. The Morgan fingerprint density at radius 2 is 1.93 bits per heavy atom. The van der Waals surface area contributed by atoms with Crippen LogP contribution in [0.25, 0.3) is 0 Å². The zero-order valence-corrected chi connectivity index (χ0v) is 7.86. The third kappa shape index (κ3) is 2.42. The van der Waals surface area contributed by atoms with Gasteiger partial charge in [0.05, 0.1) is 13.0 Å². The van der Waals surface area contributed by atoms with Crippen LogP contribution in [0.3, 0.4) is 0 Å². The maximum Gasteiger partial charge on any atom is 0.307 e. The molecule has 0 aromatic heterocycles. The molecular weight excluding hydrogens is 186 g/mol. The van der Waals surface area contributed by atoms with Gasteiger partial charge in [0, 0.05) is 18.7 Å². The summed E-state index contributed by atoms with van der Waals surface area (Å²) >= 11 is 0. The van der Waals surface area contributed by atoms with E-state index in [0.717, 1.165) is 4.90 Å². The molecule has 0 bridgehead atoms. The molecule has 0 saturated carbocycles. The van der Waals surface area contributed by atoms with E-state index in [-0.39, 0.29) is 24.8 Å². The van der Waals surface area contributed by atoms with Gasteiger partial charge in [0.1, 0.15) is 0 Å². The Kier molecular flexibility index (Phi) is 3.39. The summed E-state index contributed by atoms with van der Waals surface area (Å²) in [6.45, 7) is 2.09. The van der Waals surface area contributed by atoms with Gasteiger partial charge in [-0.05, 0) is 6.92 Å². The number of carbonyl (C=O) groups excluding carboxylic acids is 3. The molecule has 0 fully saturated rings. The van der Waals surface area contributed by atoms with E-state index in [1.807, 2.05) is 0 Å². The third-order valence-electron chi connectivity index (χ3n) is 1.75. The molecule has 76 valence electrons. The van der Waals surface area contributed by atoms with Gasteiger partial charge in [-0.2, -0.15) is 0 Å². The summed E-state index contributed by atoms with van der Waals surface area (Å²) in [4.78, 5) is 34.0. The summed E-state index contributed by atoms with van der Waals surface area (Å²) < 4.78 is 4.66. The molecule has 0 unspecified atom stereocenters. The highest BCUT2D eigenvalue weighted by atomic mass is 16.5. The first-order chi connectivity index (χ1) is 6.65. The van der Waals surface area contributed by atoms with E-state index in [2.05, 4.69) is 4.74 Å². The van der Waals surface area contributed by atoms with Crippen molar-refractivity contribution in [2.45, 2.75) is 13.3 Å². The standard InChI is InChI=1S/C9H11NO4/c1-2-14-9(13)5-6-10-7(11)3-4-8(10)12/h3-4H,2,5-6H2,1H3. The van der Waals surface area contributed by atoms with E-state index in [1.165, 1.54) is 12.2 Å². The molecule has 0 saturated heterocycles. The Balaban J connectivity index is 2.35. The Hall–Kier alpha value is -1.65. The van der Waals surface area contributed by atoms with Crippen LogP contribution in [0.2, 0.25) is 0 Å². The Bertz CT molecular complexity index is 277. The predicted octanol–water partition coefficient (Wildman–Crippen LogP) is -0.135. The van der Waals surface area contributed by atoms with Gasteiger partial charge < -0.3 is 4.74 Å². The summed E-state index contributed by atoms with van der Waals surface area (Å²) in [7, 11) is 0. The van der Waals surface area contributed by atoms with E-state index in [0.29, 0.717) is 6.61 Å². The number of hydrogen-bond donors (Lipinski definition) is 0. The van der Waals surface area contributed by atoms with Crippen molar-refractivity contribution in [3.8, 4) is 0 Å². The second-order valence-corrected chi connectivity index (χ2v) is 2.72. The third-order valence-corrected chi connectivity index (χ3v) is 1.75. The van der Waals surface area contributed by atoms with Gasteiger partial charge in [-0.25, -0.2) is 0 Å². The fourth-order valence-corrected chi connectivity index (χ4v) is 1.09. The van der Waals surface area contributed by atoms with Gasteiger partial charge in [-0.15, -0.1) is 0 Å². The summed E-state index contributed by atoms with van der Waals surface area (Å²) in [5.74, 6) is -1.15. The first kappa shape index (κ1) is 10.4. The molecule has 0 radical (unpaired) electrons. The minimum Gasteiger partial charge on any atom is -0.466 e. The number of esters is 1. The zero-order chi connectivity index (χ0) is 10.6. The SMILES string of the molecule is CCOC(=O)CCN1C(=O)C=CC1=O. The normalized spacial score (nSPS) is 15.1. The van der Waals surface area contributed by atoms with E-state index < -0.39 is 5.97 Å². The lowest BCUT2D eigenvalue weighted by Crippen LogP contribution is -2.32. The fraction of sp³-hybridized carbons (Fsp3) is 0.444. The Morgan fingerprint density at radius 3 is 2.43 bits per heavy atom. The molecule has 14 heavy (non-hydrogen) atoms. The van der Waals surface area contributed by atoms with E-state index in [9.17, 15) is 14.4 Å². The molecule has 0 N–H and O–H groups in total. The van der Waals surface area contributed by atoms with Crippen molar-refractivity contribution in [3.05, 3.63) is 12.2 Å². The van der Waals surface area contributed by atoms with E-state index >= 15 is 0 Å². The van der Waals surface area contributed by atoms with E-state index in [1.54, 1.807) is 6.92 Å². The van der Waals surface area contributed by atoms with Crippen molar-refractivity contribution in [1.82, 2.24) is 4.90 Å². The van der Waals surface area contributed by atoms with Crippen LogP contribution in [0.15, 0.2) is 12.2 Å². The largest absolute Gasteiger partial charge is 0.466 e. The highest BCUT2D eigenvalue weighted by Gasteiger charge is 2.23. The second kappa shape index (κ2) is 4.55. The molecule has 5 nitrogen and oxygen atoms in total. The molecule has 0 aliphatic carbocycles. The summed E-state index contributed by atoms with van der Waals surface area (Å²) in [6, 6.07) is 0. The molecule has 2 amide bonds. The fourth-order valence-electron chi connectivity index (χ4n) is 1.09. The molecule has 0 aromatic rings. The number of rotatable bonds is 4. The Morgan fingerprint density at radius 1 is 1.36 bits per heavy atom. The first-order valence-electron chi connectivity index (χ1n) is 4.34. The van der Waals surface area contributed by atoms with Crippen LogP contribution in [-0.4, -0.2) is 35.8 Å². The molecule has 0 spiro atoms. The number of carbonyl (C=O) groups is 3. The average Bonchev–Trinajstić information content (AvgIpc) is 2.44. The van der Waals surface area contributed by atoms with Crippen molar-refractivity contribution in [2.75, 3.05) is 13.2 Å². The minimum absolute atomic E-state index is 0.0486. The molecule has 1 heterocycles. The van der Waals surface area contributed by atoms with Crippen LogP contribution in [0.4, 0.5) is 0 Å². The van der Waals surface area contributed by atoms with Gasteiger partial charge in [0.25, 0.3) is 11.8 Å². The van der Waals surface area contributed by atoms with Gasteiger partial charge >= 0.3 is 5.97 Å². The van der Waals surface area contributed by atoms with Crippen LogP contribution >= 0.6 is 0 Å². The molecule has 1 aliphatic heterocycles. The summed E-state index contributed by atoms with van der Waals surface area (Å²) in [5, 5.41) is 0. The molecule has 5 heteroatoms. The van der Waals surface area contributed by atoms with Crippen molar-refractivity contribution in [2.24, 2.45) is 0 Å².